The van der Waals surface area contributed by atoms with Gasteiger partial charge in [-0.3, -0.25) is 0 Å². The van der Waals surface area contributed by atoms with Gasteiger partial charge in [0.15, 0.2) is 0 Å². The molecule has 2 nitrogen and oxygen atoms in total. The Labute approximate surface area is 105 Å². The standard InChI is InChI=1S/C13H27NOS/c1-5-14-12(13(2,3)4)10-16-11-6-8-15-9-7-11/h11-12,14H,5-10H2,1-4H3. The molecule has 16 heavy (non-hydrogen) atoms. The Hall–Kier alpha value is 0.270. The summed E-state index contributed by atoms with van der Waals surface area (Å²) in [6, 6.07) is 0.616. The van der Waals surface area contributed by atoms with E-state index >= 15 is 0 Å². The van der Waals surface area contributed by atoms with E-state index in [4.69, 9.17) is 4.74 Å². The van der Waals surface area contributed by atoms with Gasteiger partial charge < -0.3 is 10.1 Å². The molecule has 1 fully saturated rings. The largest absolute Gasteiger partial charge is 0.381 e. The SMILES string of the molecule is CCNC(CSC1CCOCC1)C(C)(C)C. The van der Waals surface area contributed by atoms with Crippen LogP contribution in [0, 0.1) is 5.41 Å². The maximum Gasteiger partial charge on any atom is 0.0476 e. The molecule has 0 aromatic carbocycles. The van der Waals surface area contributed by atoms with Gasteiger partial charge in [0.2, 0.25) is 0 Å². The van der Waals surface area contributed by atoms with Crippen LogP contribution in [0.1, 0.15) is 40.5 Å². The Balaban J connectivity index is 2.31. The van der Waals surface area contributed by atoms with Crippen LogP contribution in [0.4, 0.5) is 0 Å². The molecule has 3 heteroatoms. The Morgan fingerprint density at radius 1 is 1.31 bits per heavy atom. The van der Waals surface area contributed by atoms with Gasteiger partial charge in [0.05, 0.1) is 0 Å². The summed E-state index contributed by atoms with van der Waals surface area (Å²) in [5.41, 5.74) is 0.355. The molecule has 0 spiro atoms. The number of rotatable bonds is 5. The highest BCUT2D eigenvalue weighted by Gasteiger charge is 2.25. The van der Waals surface area contributed by atoms with Crippen molar-refractivity contribution in [2.45, 2.75) is 51.8 Å². The van der Waals surface area contributed by atoms with Crippen molar-refractivity contribution in [1.82, 2.24) is 5.32 Å². The molecule has 1 atom stereocenters. The van der Waals surface area contributed by atoms with Crippen LogP contribution in [-0.2, 0) is 4.74 Å². The van der Waals surface area contributed by atoms with Gasteiger partial charge in [-0.25, -0.2) is 0 Å². The maximum absolute atomic E-state index is 5.39. The smallest absolute Gasteiger partial charge is 0.0476 e. The van der Waals surface area contributed by atoms with Crippen LogP contribution in [0.3, 0.4) is 0 Å². The summed E-state index contributed by atoms with van der Waals surface area (Å²) in [4.78, 5) is 0. The zero-order valence-corrected chi connectivity index (χ0v) is 12.0. The van der Waals surface area contributed by atoms with Crippen LogP contribution in [0.2, 0.25) is 0 Å². The molecule has 0 aliphatic carbocycles. The zero-order valence-electron chi connectivity index (χ0n) is 11.2. The minimum absolute atomic E-state index is 0.355. The van der Waals surface area contributed by atoms with Crippen molar-refractivity contribution in [1.29, 1.82) is 0 Å². The Bertz CT molecular complexity index is 185. The lowest BCUT2D eigenvalue weighted by molar-refractivity contribution is 0.0999. The van der Waals surface area contributed by atoms with Crippen LogP contribution in [0.15, 0.2) is 0 Å². The fourth-order valence-electron chi connectivity index (χ4n) is 1.94. The monoisotopic (exact) mass is 245 g/mol. The fourth-order valence-corrected chi connectivity index (χ4v) is 3.54. The number of thioether (sulfide) groups is 1. The topological polar surface area (TPSA) is 21.3 Å². The molecule has 0 aromatic heterocycles. The second-order valence-corrected chi connectivity index (χ2v) is 6.95. The molecular formula is C13H27NOS. The van der Waals surface area contributed by atoms with Crippen molar-refractivity contribution in [2.24, 2.45) is 5.41 Å². The number of hydrogen-bond acceptors (Lipinski definition) is 3. The molecule has 1 unspecified atom stereocenters. The predicted molar refractivity (Wildman–Crippen MR) is 73.2 cm³/mol. The average molecular weight is 245 g/mol. The van der Waals surface area contributed by atoms with Crippen LogP contribution < -0.4 is 5.32 Å². The van der Waals surface area contributed by atoms with Gasteiger partial charge in [-0.05, 0) is 24.8 Å². The summed E-state index contributed by atoms with van der Waals surface area (Å²) >= 11 is 2.13. The summed E-state index contributed by atoms with van der Waals surface area (Å²) in [7, 11) is 0. The van der Waals surface area contributed by atoms with Crippen molar-refractivity contribution in [3.8, 4) is 0 Å². The van der Waals surface area contributed by atoms with Gasteiger partial charge in [0, 0.05) is 30.3 Å². The summed E-state index contributed by atoms with van der Waals surface area (Å²) in [5.74, 6) is 1.22. The Morgan fingerprint density at radius 3 is 2.44 bits per heavy atom. The highest BCUT2D eigenvalue weighted by Crippen LogP contribution is 2.28. The van der Waals surface area contributed by atoms with Gasteiger partial charge in [-0.1, -0.05) is 27.7 Å². The predicted octanol–water partition coefficient (Wildman–Crippen LogP) is 2.92. The third kappa shape index (κ3) is 5.07. The summed E-state index contributed by atoms with van der Waals surface area (Å²) in [6.07, 6.45) is 2.46. The molecule has 1 aliphatic heterocycles. The number of hydrogen-bond donors (Lipinski definition) is 1. The quantitative estimate of drug-likeness (QED) is 0.805. The first kappa shape index (κ1) is 14.3. The molecule has 96 valence electrons. The van der Waals surface area contributed by atoms with Crippen LogP contribution in [0.25, 0.3) is 0 Å². The molecule has 1 N–H and O–H groups in total. The molecule has 0 aromatic rings. The number of nitrogens with one attached hydrogen (secondary N) is 1. The summed E-state index contributed by atoms with van der Waals surface area (Å²) < 4.78 is 5.39. The average Bonchev–Trinajstić information content (AvgIpc) is 2.24. The van der Waals surface area contributed by atoms with Crippen LogP contribution in [0.5, 0.6) is 0 Å². The molecular weight excluding hydrogens is 218 g/mol. The molecule has 1 rings (SSSR count). The second-order valence-electron chi connectivity index (χ2n) is 5.62. The molecule has 1 heterocycles. The minimum Gasteiger partial charge on any atom is -0.381 e. The normalized spacial score (nSPS) is 21.0. The summed E-state index contributed by atoms with van der Waals surface area (Å²) in [5, 5.41) is 4.43. The number of ether oxygens (including phenoxy) is 1. The first-order chi connectivity index (χ1) is 7.54. The minimum atomic E-state index is 0.355. The van der Waals surface area contributed by atoms with E-state index in [0.717, 1.165) is 25.0 Å². The van der Waals surface area contributed by atoms with Crippen molar-refractivity contribution < 1.29 is 4.74 Å². The first-order valence-electron chi connectivity index (χ1n) is 6.46. The van der Waals surface area contributed by atoms with E-state index in [9.17, 15) is 0 Å². The van der Waals surface area contributed by atoms with E-state index in [0.29, 0.717) is 11.5 Å². The van der Waals surface area contributed by atoms with Gasteiger partial charge in [0.1, 0.15) is 0 Å². The molecule has 0 bridgehead atoms. The Kier molecular flexibility index (Phi) is 6.16. The van der Waals surface area contributed by atoms with E-state index in [1.54, 1.807) is 0 Å². The maximum atomic E-state index is 5.39. The van der Waals surface area contributed by atoms with Crippen molar-refractivity contribution in [2.75, 3.05) is 25.5 Å². The van der Waals surface area contributed by atoms with Crippen LogP contribution >= 0.6 is 11.8 Å². The van der Waals surface area contributed by atoms with Gasteiger partial charge in [-0.15, -0.1) is 0 Å². The molecule has 0 amide bonds. The summed E-state index contributed by atoms with van der Waals surface area (Å²) in [6.45, 7) is 12.1. The third-order valence-corrected chi connectivity index (χ3v) is 4.63. The second kappa shape index (κ2) is 6.87. The lowest BCUT2D eigenvalue weighted by Crippen LogP contribution is -2.42. The highest BCUT2D eigenvalue weighted by molar-refractivity contribution is 7.99. The van der Waals surface area contributed by atoms with Crippen molar-refractivity contribution in [3.05, 3.63) is 0 Å². The van der Waals surface area contributed by atoms with Gasteiger partial charge in [-0.2, -0.15) is 11.8 Å². The van der Waals surface area contributed by atoms with E-state index in [-0.39, 0.29) is 0 Å². The van der Waals surface area contributed by atoms with Gasteiger partial charge in [0.25, 0.3) is 0 Å². The van der Waals surface area contributed by atoms with E-state index in [1.165, 1.54) is 18.6 Å². The van der Waals surface area contributed by atoms with E-state index in [2.05, 4.69) is 44.8 Å². The van der Waals surface area contributed by atoms with Crippen LogP contribution in [-0.4, -0.2) is 36.8 Å². The fraction of sp³-hybridized carbons (Fsp3) is 1.00. The third-order valence-electron chi connectivity index (χ3n) is 3.16. The lowest BCUT2D eigenvalue weighted by atomic mass is 9.88. The zero-order chi connectivity index (χ0) is 12.0. The molecule has 0 radical (unpaired) electrons. The molecule has 1 aliphatic rings. The van der Waals surface area contributed by atoms with E-state index in [1.807, 2.05) is 0 Å². The van der Waals surface area contributed by atoms with Crippen molar-refractivity contribution >= 4 is 11.8 Å². The first-order valence-corrected chi connectivity index (χ1v) is 7.51. The van der Waals surface area contributed by atoms with Crippen molar-refractivity contribution in [3.63, 3.8) is 0 Å². The van der Waals surface area contributed by atoms with E-state index < -0.39 is 0 Å². The lowest BCUT2D eigenvalue weighted by Gasteiger charge is -2.33. The molecule has 1 saturated heterocycles. The Morgan fingerprint density at radius 2 is 1.94 bits per heavy atom. The highest BCUT2D eigenvalue weighted by atomic mass is 32.2. The molecule has 0 saturated carbocycles. The van der Waals surface area contributed by atoms with Gasteiger partial charge >= 0.3 is 0 Å².